The molecule has 4 N–H and O–H groups in total. The average molecular weight is 431 g/mol. The zero-order chi connectivity index (χ0) is 21.5. The highest BCUT2D eigenvalue weighted by molar-refractivity contribution is 7.80. The first-order valence-corrected chi connectivity index (χ1v) is 10.9. The van der Waals surface area contributed by atoms with Crippen LogP contribution in [-0.4, -0.2) is 28.2 Å². The number of aromatic nitrogens is 2. The van der Waals surface area contributed by atoms with Crippen molar-refractivity contribution < 1.29 is 4.74 Å². The van der Waals surface area contributed by atoms with Crippen LogP contribution in [0.4, 0.5) is 0 Å². The topological polar surface area (TPSA) is 102 Å². The van der Waals surface area contributed by atoms with Gasteiger partial charge in [-0.3, -0.25) is 9.36 Å². The number of aryl methyl sites for hydroxylation is 1. The second-order valence-electron chi connectivity index (χ2n) is 7.67. The van der Waals surface area contributed by atoms with E-state index in [0.717, 1.165) is 49.8 Å². The number of rotatable bonds is 9. The van der Waals surface area contributed by atoms with Gasteiger partial charge >= 0.3 is 5.69 Å². The lowest BCUT2D eigenvalue weighted by Gasteiger charge is -2.18. The molecule has 0 unspecified atom stereocenters. The van der Waals surface area contributed by atoms with Gasteiger partial charge in [-0.05, 0) is 56.3 Å². The number of aromatic amines is 1. The summed E-state index contributed by atoms with van der Waals surface area (Å²) >= 11 is 5.60. The Bertz CT molecular complexity index is 975. The maximum Gasteiger partial charge on any atom is 0.328 e. The second-order valence-corrected chi connectivity index (χ2v) is 8.08. The number of H-pyrrole nitrogens is 1. The van der Waals surface area contributed by atoms with Crippen molar-refractivity contribution in [1.82, 2.24) is 14.9 Å². The molecule has 0 aliphatic heterocycles. The number of ether oxygens (including phenoxy) is 1. The molecule has 162 valence electrons. The summed E-state index contributed by atoms with van der Waals surface area (Å²) in [4.78, 5) is 29.3. The van der Waals surface area contributed by atoms with Crippen LogP contribution in [0.5, 0.6) is 5.75 Å². The number of unbranched alkanes of at least 4 members (excludes halogenated alkanes) is 1. The molecule has 1 heterocycles. The molecule has 2 aromatic rings. The first-order valence-electron chi connectivity index (χ1n) is 10.5. The van der Waals surface area contributed by atoms with E-state index in [9.17, 15) is 9.59 Å². The van der Waals surface area contributed by atoms with Crippen LogP contribution in [0.3, 0.4) is 0 Å². The molecule has 0 spiro atoms. The van der Waals surface area contributed by atoms with Crippen LogP contribution in [0.1, 0.15) is 61.4 Å². The van der Waals surface area contributed by atoms with E-state index in [2.05, 4.69) is 10.3 Å². The van der Waals surface area contributed by atoms with Gasteiger partial charge in [-0.1, -0.05) is 37.2 Å². The minimum atomic E-state index is -0.337. The lowest BCUT2D eigenvalue weighted by atomic mass is 10.1. The van der Waals surface area contributed by atoms with Crippen molar-refractivity contribution in [2.45, 2.75) is 57.5 Å². The van der Waals surface area contributed by atoms with Gasteiger partial charge in [0.05, 0.1) is 12.7 Å². The highest BCUT2D eigenvalue weighted by atomic mass is 32.1. The predicted molar refractivity (Wildman–Crippen MR) is 122 cm³/mol. The molecular formula is C22H30N4O3S. The molecule has 1 aliphatic rings. The molecule has 8 heteroatoms. The summed E-state index contributed by atoms with van der Waals surface area (Å²) in [5.41, 5.74) is 7.00. The largest absolute Gasteiger partial charge is 0.497 e. The molecule has 1 aliphatic carbocycles. The fourth-order valence-electron chi connectivity index (χ4n) is 3.97. The molecule has 3 rings (SSSR count). The molecule has 0 saturated heterocycles. The summed E-state index contributed by atoms with van der Waals surface area (Å²) in [6, 6.07) is 7.60. The van der Waals surface area contributed by atoms with Crippen LogP contribution in [0, 0.1) is 0 Å². The first kappa shape index (κ1) is 22.2. The van der Waals surface area contributed by atoms with Crippen LogP contribution in [0.15, 0.2) is 33.9 Å². The molecule has 0 atom stereocenters. The van der Waals surface area contributed by atoms with Crippen molar-refractivity contribution in [1.29, 1.82) is 0 Å². The van der Waals surface area contributed by atoms with E-state index in [1.54, 1.807) is 7.11 Å². The number of methoxy groups -OCH3 is 1. The van der Waals surface area contributed by atoms with Gasteiger partial charge in [-0.2, -0.15) is 0 Å². The highest BCUT2D eigenvalue weighted by Crippen LogP contribution is 2.27. The number of nitrogens with one attached hydrogen (secondary N) is 2. The van der Waals surface area contributed by atoms with Crippen LogP contribution in [0.25, 0.3) is 0 Å². The van der Waals surface area contributed by atoms with Gasteiger partial charge in [-0.25, -0.2) is 4.79 Å². The van der Waals surface area contributed by atoms with E-state index in [0.29, 0.717) is 35.8 Å². The van der Waals surface area contributed by atoms with E-state index in [1.807, 2.05) is 24.3 Å². The maximum atomic E-state index is 13.3. The van der Waals surface area contributed by atoms with E-state index < -0.39 is 0 Å². The lowest BCUT2D eigenvalue weighted by molar-refractivity contribution is 0.414. The Labute approximate surface area is 181 Å². The number of thiocarbonyl (C=S) groups is 1. The summed E-state index contributed by atoms with van der Waals surface area (Å²) in [5.74, 6) is 0.781. The van der Waals surface area contributed by atoms with Crippen LogP contribution in [0.2, 0.25) is 0 Å². The van der Waals surface area contributed by atoms with Gasteiger partial charge in [0.1, 0.15) is 10.7 Å². The summed E-state index contributed by atoms with van der Waals surface area (Å²) in [5, 5.41) is 3.19. The fraction of sp³-hybridized carbons (Fsp3) is 0.500. The molecule has 1 aromatic carbocycles. The quantitative estimate of drug-likeness (QED) is 0.417. The number of nitrogens with two attached hydrogens (primary N) is 1. The van der Waals surface area contributed by atoms with Crippen molar-refractivity contribution >= 4 is 17.2 Å². The summed E-state index contributed by atoms with van der Waals surface area (Å²) in [7, 11) is 1.63. The smallest absolute Gasteiger partial charge is 0.328 e. The molecular weight excluding hydrogens is 400 g/mol. The van der Waals surface area contributed by atoms with Crippen LogP contribution in [-0.2, 0) is 13.0 Å². The van der Waals surface area contributed by atoms with Crippen LogP contribution < -0.4 is 27.0 Å². The van der Waals surface area contributed by atoms with Gasteiger partial charge in [-0.15, -0.1) is 0 Å². The third-order valence-corrected chi connectivity index (χ3v) is 5.97. The van der Waals surface area contributed by atoms with Crippen molar-refractivity contribution in [3.05, 3.63) is 61.9 Å². The Morgan fingerprint density at radius 2 is 1.93 bits per heavy atom. The van der Waals surface area contributed by atoms with E-state index in [1.165, 1.54) is 4.57 Å². The summed E-state index contributed by atoms with van der Waals surface area (Å²) in [6.45, 7) is 1.05. The van der Waals surface area contributed by atoms with E-state index >= 15 is 0 Å². The third-order valence-electron chi connectivity index (χ3n) is 5.62. The molecule has 1 saturated carbocycles. The standard InChI is InChI=1S/C22H30N4O3S/c1-29-17-11-9-15(10-12-17)14-24-20(30)19-18(8-4-5-13-23)25-22(28)26(21(19)27)16-6-2-3-7-16/h9-12,16H,2-8,13-14,23H2,1H3,(H,24,30)(H,25,28). The van der Waals surface area contributed by atoms with Crippen LogP contribution >= 0.6 is 12.2 Å². The lowest BCUT2D eigenvalue weighted by Crippen LogP contribution is -2.43. The number of hydrogen-bond donors (Lipinski definition) is 3. The number of nitrogens with zero attached hydrogens (tertiary/aromatic N) is 1. The highest BCUT2D eigenvalue weighted by Gasteiger charge is 2.24. The van der Waals surface area contributed by atoms with Crippen molar-refractivity contribution in [2.24, 2.45) is 5.73 Å². The SMILES string of the molecule is COc1ccc(CNC(=S)c2c(CCCCN)[nH]c(=O)n(C3CCCC3)c2=O)cc1. The van der Waals surface area contributed by atoms with Crippen molar-refractivity contribution in [2.75, 3.05) is 13.7 Å². The molecule has 30 heavy (non-hydrogen) atoms. The first-order chi connectivity index (χ1) is 14.5. The fourth-order valence-corrected chi connectivity index (χ4v) is 4.25. The minimum absolute atomic E-state index is 0.0533. The Kier molecular flexibility index (Phi) is 7.81. The Morgan fingerprint density at radius 3 is 2.57 bits per heavy atom. The number of benzene rings is 1. The number of hydrogen-bond acceptors (Lipinski definition) is 5. The van der Waals surface area contributed by atoms with Gasteiger partial charge in [0.2, 0.25) is 0 Å². The molecule has 0 bridgehead atoms. The monoisotopic (exact) mass is 430 g/mol. The predicted octanol–water partition coefficient (Wildman–Crippen LogP) is 2.41. The Hall–Kier alpha value is -2.45. The second kappa shape index (κ2) is 10.5. The summed E-state index contributed by atoms with van der Waals surface area (Å²) in [6.07, 6.45) is 5.93. The third kappa shape index (κ3) is 5.17. The summed E-state index contributed by atoms with van der Waals surface area (Å²) < 4.78 is 6.55. The Balaban J connectivity index is 1.88. The van der Waals surface area contributed by atoms with Crippen molar-refractivity contribution in [3.63, 3.8) is 0 Å². The van der Waals surface area contributed by atoms with Gasteiger partial charge in [0.15, 0.2) is 0 Å². The van der Waals surface area contributed by atoms with Gasteiger partial charge in [0, 0.05) is 18.3 Å². The molecule has 7 nitrogen and oxygen atoms in total. The van der Waals surface area contributed by atoms with Gasteiger partial charge < -0.3 is 20.8 Å². The molecule has 0 amide bonds. The van der Waals surface area contributed by atoms with Crippen molar-refractivity contribution in [3.8, 4) is 5.75 Å². The molecule has 1 aromatic heterocycles. The zero-order valence-electron chi connectivity index (χ0n) is 17.4. The van der Waals surface area contributed by atoms with E-state index in [-0.39, 0.29) is 17.3 Å². The normalized spacial score (nSPS) is 14.1. The minimum Gasteiger partial charge on any atom is -0.497 e. The maximum absolute atomic E-state index is 13.3. The Morgan fingerprint density at radius 1 is 1.23 bits per heavy atom. The van der Waals surface area contributed by atoms with Gasteiger partial charge in [0.25, 0.3) is 5.56 Å². The molecule has 0 radical (unpaired) electrons. The average Bonchev–Trinajstić information content (AvgIpc) is 3.27. The van der Waals surface area contributed by atoms with E-state index in [4.69, 9.17) is 22.7 Å². The molecule has 1 fully saturated rings. The zero-order valence-corrected chi connectivity index (χ0v) is 18.2.